The van der Waals surface area contributed by atoms with E-state index in [2.05, 4.69) is 41.4 Å². The highest BCUT2D eigenvalue weighted by Crippen LogP contribution is 2.21. The van der Waals surface area contributed by atoms with Gasteiger partial charge in [0.15, 0.2) is 0 Å². The molecule has 0 aliphatic heterocycles. The highest BCUT2D eigenvalue weighted by molar-refractivity contribution is 9.09. The standard InChI is InChI=1S/C8H12Br2N2/c9-4-2-1-3-8(10)12-6-5-11-7-12/h5-8H,1-4H2. The number of nitrogens with zero attached hydrogens (tertiary/aromatic N) is 2. The van der Waals surface area contributed by atoms with E-state index in [-0.39, 0.29) is 0 Å². The molecule has 1 aromatic heterocycles. The Morgan fingerprint density at radius 3 is 2.83 bits per heavy atom. The van der Waals surface area contributed by atoms with Crippen molar-refractivity contribution < 1.29 is 0 Å². The summed E-state index contributed by atoms with van der Waals surface area (Å²) >= 11 is 7.02. The normalized spacial score (nSPS) is 13.2. The molecule has 0 fully saturated rings. The molecule has 0 aliphatic carbocycles. The SMILES string of the molecule is BrCCCCC(Br)n1ccnc1. The summed E-state index contributed by atoms with van der Waals surface area (Å²) in [4.78, 5) is 4.40. The fourth-order valence-corrected chi connectivity index (χ4v) is 1.95. The summed E-state index contributed by atoms with van der Waals surface area (Å²) in [5.74, 6) is 0. The van der Waals surface area contributed by atoms with Gasteiger partial charge < -0.3 is 4.57 Å². The van der Waals surface area contributed by atoms with E-state index in [9.17, 15) is 0 Å². The van der Waals surface area contributed by atoms with Crippen LogP contribution in [0.1, 0.15) is 24.2 Å². The second-order valence-corrected chi connectivity index (χ2v) is 4.48. The van der Waals surface area contributed by atoms with Crippen LogP contribution in [0.5, 0.6) is 0 Å². The lowest BCUT2D eigenvalue weighted by Crippen LogP contribution is -1.98. The molecule has 0 amide bonds. The van der Waals surface area contributed by atoms with Crippen molar-refractivity contribution in [3.63, 3.8) is 0 Å². The van der Waals surface area contributed by atoms with Crippen LogP contribution in [0.15, 0.2) is 18.7 Å². The highest BCUT2D eigenvalue weighted by atomic mass is 79.9. The molecule has 1 heterocycles. The molecule has 1 rings (SSSR count). The Morgan fingerprint density at radius 2 is 2.25 bits per heavy atom. The molecule has 1 unspecified atom stereocenters. The van der Waals surface area contributed by atoms with E-state index in [4.69, 9.17) is 0 Å². The van der Waals surface area contributed by atoms with Gasteiger partial charge >= 0.3 is 0 Å². The Balaban J connectivity index is 2.25. The minimum atomic E-state index is 0.402. The monoisotopic (exact) mass is 294 g/mol. The summed E-state index contributed by atoms with van der Waals surface area (Å²) in [5, 5.41) is 1.09. The molecule has 0 spiro atoms. The van der Waals surface area contributed by atoms with Gasteiger partial charge in [0.25, 0.3) is 0 Å². The molecule has 0 bridgehead atoms. The van der Waals surface area contributed by atoms with Crippen molar-refractivity contribution in [3.8, 4) is 0 Å². The average Bonchev–Trinajstić information content (AvgIpc) is 2.56. The molecule has 0 radical (unpaired) electrons. The van der Waals surface area contributed by atoms with Crippen molar-refractivity contribution >= 4 is 31.9 Å². The van der Waals surface area contributed by atoms with E-state index >= 15 is 0 Å². The summed E-state index contributed by atoms with van der Waals surface area (Å²) < 4.78 is 2.08. The molecular weight excluding hydrogens is 284 g/mol. The zero-order valence-electron chi connectivity index (χ0n) is 6.79. The Bertz CT molecular complexity index is 199. The third-order valence-corrected chi connectivity index (χ3v) is 3.17. The first-order chi connectivity index (χ1) is 5.84. The van der Waals surface area contributed by atoms with E-state index in [1.807, 2.05) is 12.5 Å². The van der Waals surface area contributed by atoms with E-state index in [0.29, 0.717) is 4.95 Å². The molecule has 68 valence electrons. The smallest absolute Gasteiger partial charge is 0.0955 e. The number of hydrogen-bond acceptors (Lipinski definition) is 1. The highest BCUT2D eigenvalue weighted by Gasteiger charge is 2.03. The third kappa shape index (κ3) is 3.27. The molecule has 0 saturated heterocycles. The lowest BCUT2D eigenvalue weighted by atomic mass is 10.2. The number of hydrogen-bond donors (Lipinski definition) is 0. The van der Waals surface area contributed by atoms with Crippen molar-refractivity contribution in [2.75, 3.05) is 5.33 Å². The molecule has 2 nitrogen and oxygen atoms in total. The van der Waals surface area contributed by atoms with Gasteiger partial charge in [0, 0.05) is 17.7 Å². The van der Waals surface area contributed by atoms with Gasteiger partial charge in [-0.25, -0.2) is 4.98 Å². The van der Waals surface area contributed by atoms with Crippen LogP contribution >= 0.6 is 31.9 Å². The Hall–Kier alpha value is 0.170. The molecule has 12 heavy (non-hydrogen) atoms. The van der Waals surface area contributed by atoms with E-state index < -0.39 is 0 Å². The van der Waals surface area contributed by atoms with Gasteiger partial charge in [-0.2, -0.15) is 0 Å². The average molecular weight is 296 g/mol. The van der Waals surface area contributed by atoms with Crippen molar-refractivity contribution in [2.24, 2.45) is 0 Å². The quantitative estimate of drug-likeness (QED) is 0.602. The second-order valence-electron chi connectivity index (χ2n) is 2.63. The summed E-state index contributed by atoms with van der Waals surface area (Å²) in [6.45, 7) is 0. The maximum absolute atomic E-state index is 4.00. The van der Waals surface area contributed by atoms with Crippen LogP contribution in [0.25, 0.3) is 0 Å². The molecule has 0 aliphatic rings. The van der Waals surface area contributed by atoms with Crippen molar-refractivity contribution in [2.45, 2.75) is 24.2 Å². The maximum Gasteiger partial charge on any atom is 0.0955 e. The van der Waals surface area contributed by atoms with Gasteiger partial charge in [0.1, 0.15) is 0 Å². The van der Waals surface area contributed by atoms with E-state index in [1.54, 1.807) is 6.20 Å². The lowest BCUT2D eigenvalue weighted by Gasteiger charge is -2.09. The van der Waals surface area contributed by atoms with Crippen LogP contribution in [0, 0.1) is 0 Å². The summed E-state index contributed by atoms with van der Waals surface area (Å²) in [6.07, 6.45) is 9.25. The van der Waals surface area contributed by atoms with Crippen LogP contribution in [0.4, 0.5) is 0 Å². The summed E-state index contributed by atoms with van der Waals surface area (Å²) in [6, 6.07) is 0. The molecule has 1 aromatic rings. The summed E-state index contributed by atoms with van der Waals surface area (Å²) in [5.41, 5.74) is 0. The molecule has 1 atom stereocenters. The molecule has 0 aromatic carbocycles. The fourth-order valence-electron chi connectivity index (χ4n) is 0.991. The molecule has 0 saturated carbocycles. The fraction of sp³-hybridized carbons (Fsp3) is 0.625. The second kappa shape index (κ2) is 5.75. The number of aromatic nitrogens is 2. The van der Waals surface area contributed by atoms with Gasteiger partial charge in [0.2, 0.25) is 0 Å². The zero-order chi connectivity index (χ0) is 8.81. The Morgan fingerprint density at radius 1 is 1.42 bits per heavy atom. The van der Waals surface area contributed by atoms with Crippen molar-refractivity contribution in [3.05, 3.63) is 18.7 Å². The Labute approximate surface area is 89.6 Å². The number of unbranched alkanes of at least 4 members (excludes halogenated alkanes) is 1. The number of rotatable bonds is 5. The molecular formula is C8H12Br2N2. The van der Waals surface area contributed by atoms with Crippen LogP contribution in [-0.2, 0) is 0 Å². The Kier molecular flexibility index (Phi) is 4.92. The zero-order valence-corrected chi connectivity index (χ0v) is 9.96. The first-order valence-electron chi connectivity index (χ1n) is 4.02. The number of imidazole rings is 1. The van der Waals surface area contributed by atoms with Crippen LogP contribution < -0.4 is 0 Å². The summed E-state index contributed by atoms with van der Waals surface area (Å²) in [7, 11) is 0. The topological polar surface area (TPSA) is 17.8 Å². The van der Waals surface area contributed by atoms with E-state index in [0.717, 1.165) is 11.8 Å². The first kappa shape index (κ1) is 10.3. The first-order valence-corrected chi connectivity index (χ1v) is 6.06. The molecule has 4 heteroatoms. The predicted octanol–water partition coefficient (Wildman–Crippen LogP) is 3.34. The predicted molar refractivity (Wildman–Crippen MR) is 57.8 cm³/mol. The van der Waals surface area contributed by atoms with Gasteiger partial charge in [-0.3, -0.25) is 0 Å². The van der Waals surface area contributed by atoms with Crippen molar-refractivity contribution in [1.29, 1.82) is 0 Å². The largest absolute Gasteiger partial charge is 0.324 e. The van der Waals surface area contributed by atoms with Crippen LogP contribution in [-0.4, -0.2) is 14.9 Å². The third-order valence-electron chi connectivity index (χ3n) is 1.67. The van der Waals surface area contributed by atoms with Crippen molar-refractivity contribution in [1.82, 2.24) is 9.55 Å². The maximum atomic E-state index is 4.00. The van der Waals surface area contributed by atoms with Gasteiger partial charge in [-0.05, 0) is 19.3 Å². The number of halogens is 2. The minimum absolute atomic E-state index is 0.402. The molecule has 0 N–H and O–H groups in total. The van der Waals surface area contributed by atoms with Gasteiger partial charge in [0.05, 0.1) is 11.3 Å². The number of alkyl halides is 2. The van der Waals surface area contributed by atoms with Gasteiger partial charge in [-0.1, -0.05) is 31.9 Å². The van der Waals surface area contributed by atoms with Crippen LogP contribution in [0.2, 0.25) is 0 Å². The van der Waals surface area contributed by atoms with Crippen LogP contribution in [0.3, 0.4) is 0 Å². The lowest BCUT2D eigenvalue weighted by molar-refractivity contribution is 0.598. The van der Waals surface area contributed by atoms with E-state index in [1.165, 1.54) is 12.8 Å². The van der Waals surface area contributed by atoms with Gasteiger partial charge in [-0.15, -0.1) is 0 Å². The minimum Gasteiger partial charge on any atom is -0.324 e.